The van der Waals surface area contributed by atoms with Crippen molar-refractivity contribution in [3.63, 3.8) is 0 Å². The van der Waals surface area contributed by atoms with Crippen molar-refractivity contribution in [1.82, 2.24) is 10.2 Å². The van der Waals surface area contributed by atoms with Crippen LogP contribution in [0.4, 0.5) is 0 Å². The third kappa shape index (κ3) is 7.16. The van der Waals surface area contributed by atoms with Gasteiger partial charge < -0.3 is 19.7 Å². The molecule has 0 aliphatic carbocycles. The standard InChI is InChI=1S/C27H42N2O5/c1-11-34-24(31)19(4)17-21(18(2)3)29(9)23(30)22(26(5,6)7)28-25(32)27(8,33-10)20-15-13-12-14-16-20/h12-18,21-22H,11H2,1-10H3,(H,28,32)/b19-17+/t21-,22?,27?/m1/s1. The normalized spacial score (nSPS) is 15.8. The van der Waals surface area contributed by atoms with Crippen molar-refractivity contribution in [1.29, 1.82) is 0 Å². The Morgan fingerprint density at radius 2 is 1.65 bits per heavy atom. The molecule has 2 unspecified atom stereocenters. The molecule has 3 atom stereocenters. The maximum atomic E-state index is 13.7. The Balaban J connectivity index is 3.29. The number of carbonyl (C=O) groups excluding carboxylic acids is 3. The fourth-order valence-corrected chi connectivity index (χ4v) is 3.69. The Bertz CT molecular complexity index is 873. The van der Waals surface area contributed by atoms with Crippen LogP contribution in [-0.2, 0) is 29.5 Å². The smallest absolute Gasteiger partial charge is 0.333 e. The highest BCUT2D eigenvalue weighted by Crippen LogP contribution is 2.28. The van der Waals surface area contributed by atoms with Crippen LogP contribution in [0, 0.1) is 11.3 Å². The van der Waals surface area contributed by atoms with E-state index in [1.54, 1.807) is 38.8 Å². The molecule has 0 fully saturated rings. The maximum absolute atomic E-state index is 13.7. The number of likely N-dealkylation sites (N-methyl/N-ethyl adjacent to an activating group) is 1. The number of hydrogen-bond acceptors (Lipinski definition) is 5. The summed E-state index contributed by atoms with van der Waals surface area (Å²) in [7, 11) is 3.17. The molecule has 7 heteroatoms. The van der Waals surface area contributed by atoms with Gasteiger partial charge in [0.05, 0.1) is 12.6 Å². The monoisotopic (exact) mass is 474 g/mol. The minimum atomic E-state index is -1.26. The van der Waals surface area contributed by atoms with E-state index < -0.39 is 28.9 Å². The Labute approximate surface area is 204 Å². The zero-order chi connectivity index (χ0) is 26.3. The number of nitrogens with zero attached hydrogens (tertiary/aromatic N) is 1. The third-order valence-electron chi connectivity index (χ3n) is 6.05. The summed E-state index contributed by atoms with van der Waals surface area (Å²) in [5, 5.41) is 2.95. The number of nitrogens with one attached hydrogen (secondary N) is 1. The van der Waals surface area contributed by atoms with Gasteiger partial charge in [-0.2, -0.15) is 0 Å². The minimum absolute atomic E-state index is 0.0307. The molecule has 0 aliphatic rings. The van der Waals surface area contributed by atoms with Gasteiger partial charge >= 0.3 is 5.97 Å². The van der Waals surface area contributed by atoms with Crippen molar-refractivity contribution < 1.29 is 23.9 Å². The number of esters is 1. The predicted molar refractivity (Wildman–Crippen MR) is 134 cm³/mol. The molecule has 0 aliphatic heterocycles. The summed E-state index contributed by atoms with van der Waals surface area (Å²) in [6.07, 6.45) is 1.76. The molecule has 2 amide bonds. The van der Waals surface area contributed by atoms with Crippen LogP contribution in [0.2, 0.25) is 0 Å². The average molecular weight is 475 g/mol. The lowest BCUT2D eigenvalue weighted by Crippen LogP contribution is -2.59. The number of ether oxygens (including phenoxy) is 2. The van der Waals surface area contributed by atoms with E-state index in [0.717, 1.165) is 0 Å². The molecule has 7 nitrogen and oxygen atoms in total. The van der Waals surface area contributed by atoms with Crippen molar-refractivity contribution in [3.8, 4) is 0 Å². The molecule has 1 aromatic rings. The van der Waals surface area contributed by atoms with E-state index >= 15 is 0 Å². The van der Waals surface area contributed by atoms with E-state index in [4.69, 9.17) is 9.47 Å². The summed E-state index contributed by atoms with van der Waals surface area (Å²) in [4.78, 5) is 40.9. The van der Waals surface area contributed by atoms with Crippen LogP contribution in [0.3, 0.4) is 0 Å². The van der Waals surface area contributed by atoms with Crippen LogP contribution in [0.15, 0.2) is 42.0 Å². The number of amides is 2. The van der Waals surface area contributed by atoms with E-state index in [0.29, 0.717) is 11.1 Å². The van der Waals surface area contributed by atoms with Gasteiger partial charge in [-0.05, 0) is 37.7 Å². The second-order valence-corrected chi connectivity index (χ2v) is 10.1. The Morgan fingerprint density at radius 1 is 1.09 bits per heavy atom. The van der Waals surface area contributed by atoms with Gasteiger partial charge in [-0.3, -0.25) is 9.59 Å². The molecule has 0 bridgehead atoms. The van der Waals surface area contributed by atoms with Gasteiger partial charge in [-0.1, -0.05) is 71.0 Å². The van der Waals surface area contributed by atoms with E-state index in [2.05, 4.69) is 5.32 Å². The third-order valence-corrected chi connectivity index (χ3v) is 6.05. The molecule has 0 saturated carbocycles. The first kappa shape index (κ1) is 29.4. The number of hydrogen-bond donors (Lipinski definition) is 1. The first-order chi connectivity index (χ1) is 15.7. The fraction of sp³-hybridized carbons (Fsp3) is 0.593. The number of benzene rings is 1. The van der Waals surface area contributed by atoms with E-state index in [1.165, 1.54) is 7.11 Å². The van der Waals surface area contributed by atoms with Gasteiger partial charge in [0, 0.05) is 19.7 Å². The first-order valence-electron chi connectivity index (χ1n) is 11.7. The molecule has 0 saturated heterocycles. The lowest BCUT2D eigenvalue weighted by molar-refractivity contribution is -0.149. The summed E-state index contributed by atoms with van der Waals surface area (Å²) in [5.41, 5.74) is -0.709. The quantitative estimate of drug-likeness (QED) is 0.408. The van der Waals surface area contributed by atoms with Crippen LogP contribution in [0.1, 0.15) is 61.0 Å². The zero-order valence-electron chi connectivity index (χ0n) is 22.4. The van der Waals surface area contributed by atoms with Crippen LogP contribution in [-0.4, -0.2) is 55.5 Å². The lowest BCUT2D eigenvalue weighted by Gasteiger charge is -2.39. The molecule has 1 rings (SSSR count). The molecule has 190 valence electrons. The first-order valence-corrected chi connectivity index (χ1v) is 11.7. The largest absolute Gasteiger partial charge is 0.463 e. The SMILES string of the molecule is CCOC(=O)/C(C)=C/[C@H](C(C)C)N(C)C(=O)C(NC(=O)C(C)(OC)c1ccccc1)C(C)(C)C. The number of rotatable bonds is 10. The fourth-order valence-electron chi connectivity index (χ4n) is 3.69. The van der Waals surface area contributed by atoms with Gasteiger partial charge in [0.15, 0.2) is 5.60 Å². The van der Waals surface area contributed by atoms with Crippen molar-refractivity contribution in [2.75, 3.05) is 20.8 Å². The second kappa shape index (κ2) is 12.2. The minimum Gasteiger partial charge on any atom is -0.463 e. The van der Waals surface area contributed by atoms with E-state index in [1.807, 2.05) is 65.0 Å². The Hall–Kier alpha value is -2.67. The molecule has 34 heavy (non-hydrogen) atoms. The van der Waals surface area contributed by atoms with Crippen molar-refractivity contribution in [2.45, 2.75) is 73.1 Å². The zero-order valence-corrected chi connectivity index (χ0v) is 22.4. The Morgan fingerprint density at radius 3 is 2.09 bits per heavy atom. The molecular formula is C27H42N2O5. The Kier molecular flexibility index (Phi) is 10.5. The van der Waals surface area contributed by atoms with Gasteiger partial charge in [-0.25, -0.2) is 4.79 Å². The van der Waals surface area contributed by atoms with Gasteiger partial charge in [0.2, 0.25) is 5.91 Å². The summed E-state index contributed by atoms with van der Waals surface area (Å²) >= 11 is 0. The van der Waals surface area contributed by atoms with E-state index in [9.17, 15) is 14.4 Å². The highest BCUT2D eigenvalue weighted by atomic mass is 16.5. The maximum Gasteiger partial charge on any atom is 0.333 e. The molecule has 0 aromatic heterocycles. The topological polar surface area (TPSA) is 84.9 Å². The van der Waals surface area contributed by atoms with E-state index in [-0.39, 0.29) is 24.5 Å². The summed E-state index contributed by atoms with van der Waals surface area (Å²) in [6, 6.07) is 8.01. The van der Waals surface area contributed by atoms with Crippen LogP contribution < -0.4 is 5.32 Å². The molecule has 0 spiro atoms. The second-order valence-electron chi connectivity index (χ2n) is 10.1. The van der Waals surface area contributed by atoms with Crippen molar-refractivity contribution in [3.05, 3.63) is 47.5 Å². The van der Waals surface area contributed by atoms with Gasteiger partial charge in [0.25, 0.3) is 5.91 Å². The van der Waals surface area contributed by atoms with Gasteiger partial charge in [0.1, 0.15) is 6.04 Å². The van der Waals surface area contributed by atoms with Crippen LogP contribution in [0.5, 0.6) is 0 Å². The molecule has 1 aromatic carbocycles. The average Bonchev–Trinajstić information content (AvgIpc) is 2.78. The summed E-state index contributed by atoms with van der Waals surface area (Å²) in [6.45, 7) is 15.1. The summed E-state index contributed by atoms with van der Waals surface area (Å²) < 4.78 is 10.7. The number of methoxy groups -OCH3 is 1. The summed E-state index contributed by atoms with van der Waals surface area (Å²) in [5.74, 6) is -1.03. The predicted octanol–water partition coefficient (Wildman–Crippen LogP) is 4.07. The van der Waals surface area contributed by atoms with Crippen LogP contribution >= 0.6 is 0 Å². The van der Waals surface area contributed by atoms with Crippen molar-refractivity contribution >= 4 is 17.8 Å². The molecular weight excluding hydrogens is 432 g/mol. The molecule has 0 heterocycles. The highest BCUT2D eigenvalue weighted by molar-refractivity contribution is 5.93. The molecule has 0 radical (unpaired) electrons. The van der Waals surface area contributed by atoms with Gasteiger partial charge in [-0.15, -0.1) is 0 Å². The van der Waals surface area contributed by atoms with Crippen molar-refractivity contribution in [2.24, 2.45) is 11.3 Å². The number of carbonyl (C=O) groups is 3. The van der Waals surface area contributed by atoms with Crippen LogP contribution in [0.25, 0.3) is 0 Å². The molecule has 1 N–H and O–H groups in total. The highest BCUT2D eigenvalue weighted by Gasteiger charge is 2.42. The lowest BCUT2D eigenvalue weighted by atomic mass is 9.84.